The molecule has 0 saturated heterocycles. The van der Waals surface area contributed by atoms with Crippen LogP contribution in [0, 0.1) is 0 Å². The zero-order valence-corrected chi connectivity index (χ0v) is 21.6. The van der Waals surface area contributed by atoms with Crippen molar-refractivity contribution in [1.82, 2.24) is 25.4 Å². The maximum Gasteiger partial charge on any atom is 0.573 e. The average molecular weight is 575 g/mol. The Labute approximate surface area is 237 Å². The number of amides is 1. The molecule has 40 heavy (non-hydrogen) atoms. The second-order valence-corrected chi connectivity index (χ2v) is 9.41. The van der Waals surface area contributed by atoms with Crippen molar-refractivity contribution in [2.24, 2.45) is 0 Å². The first-order valence-electron chi connectivity index (χ1n) is 13.9. The van der Waals surface area contributed by atoms with Crippen molar-refractivity contribution in [3.05, 3.63) is 88.4 Å². The summed E-state index contributed by atoms with van der Waals surface area (Å²) in [6, 6.07) is 12.8. The number of carbonyl (C=O) groups is 2. The van der Waals surface area contributed by atoms with Crippen LogP contribution in [0.2, 0.25) is 0 Å². The molecular weight excluding hydrogens is 545 g/mol. The number of aryl methyl sites for hydroxylation is 2. The Morgan fingerprint density at radius 1 is 0.925 bits per heavy atom. The van der Waals surface area contributed by atoms with Gasteiger partial charge >= 0.3 is 6.36 Å². The van der Waals surface area contributed by atoms with Crippen LogP contribution in [0.25, 0.3) is 0 Å². The number of pyridine rings is 1. The molecule has 0 fully saturated rings. The van der Waals surface area contributed by atoms with E-state index in [1.54, 1.807) is 24.4 Å². The van der Waals surface area contributed by atoms with Crippen molar-refractivity contribution in [1.29, 1.82) is 0 Å². The lowest BCUT2D eigenvalue weighted by molar-refractivity contribution is -0.274. The molecule has 4 rings (SSSR count). The minimum atomic E-state index is -4.86. The zero-order chi connectivity index (χ0) is 32.0. The summed E-state index contributed by atoms with van der Waals surface area (Å²) < 4.78 is 74.9. The third-order valence-corrected chi connectivity index (χ3v) is 5.99. The Morgan fingerprint density at radius 2 is 1.75 bits per heavy atom. The molecule has 0 aliphatic carbocycles. The fourth-order valence-corrected chi connectivity index (χ4v) is 4.18. The van der Waals surface area contributed by atoms with Gasteiger partial charge in [0, 0.05) is 30.2 Å². The van der Waals surface area contributed by atoms with Crippen molar-refractivity contribution in [2.45, 2.75) is 51.2 Å². The standard InChI is InChI=1S/C27H25F3N6O3S/c28-27(29,30)39-23-9-5-6-18(15-23)14-22(37)16-21-12-11-19(33-34-21)7-1-2-10-25-35-36-26(40-25)32-24(38)17-20-8-3-4-13-31-20/h3-6,8-9,11-13,15H,1-2,7,10,14,16-17H2,(H,32,36,38)/i1D2,7D2. The van der Waals surface area contributed by atoms with Crippen LogP contribution in [0.3, 0.4) is 0 Å². The lowest BCUT2D eigenvalue weighted by Gasteiger charge is -2.09. The van der Waals surface area contributed by atoms with Crippen LogP contribution in [0.1, 0.15) is 45.9 Å². The lowest BCUT2D eigenvalue weighted by atomic mass is 10.1. The summed E-state index contributed by atoms with van der Waals surface area (Å²) >= 11 is 1.05. The first-order chi connectivity index (χ1) is 20.7. The number of nitrogens with one attached hydrogen (secondary N) is 1. The molecule has 208 valence electrons. The number of halogens is 3. The summed E-state index contributed by atoms with van der Waals surface area (Å²) in [4.78, 5) is 28.8. The van der Waals surface area contributed by atoms with E-state index < -0.39 is 24.9 Å². The van der Waals surface area contributed by atoms with E-state index in [-0.39, 0.29) is 60.3 Å². The third kappa shape index (κ3) is 9.80. The second-order valence-electron chi connectivity index (χ2n) is 8.35. The number of anilines is 1. The molecule has 1 N–H and O–H groups in total. The summed E-state index contributed by atoms with van der Waals surface area (Å²) in [5.74, 6) is -1.16. The van der Waals surface area contributed by atoms with Gasteiger partial charge < -0.3 is 10.1 Å². The van der Waals surface area contributed by atoms with Crippen molar-refractivity contribution in [2.75, 3.05) is 5.32 Å². The summed E-state index contributed by atoms with van der Waals surface area (Å²) in [5, 5.41) is 18.8. The Kier molecular flexibility index (Phi) is 8.08. The number of nitrogens with zero attached hydrogens (tertiary/aromatic N) is 5. The molecule has 1 amide bonds. The zero-order valence-electron chi connectivity index (χ0n) is 24.8. The SMILES string of the molecule is [2H]C([2H])(CCc1nnc(NC(=O)Cc2ccccn2)s1)C([2H])([2H])c1ccc(CC(=O)Cc2cccc(OC(F)(F)F)c2)nn1. The molecule has 3 aromatic heterocycles. The molecule has 3 heterocycles. The summed E-state index contributed by atoms with van der Waals surface area (Å²) in [6.07, 6.45) is -8.86. The van der Waals surface area contributed by atoms with Gasteiger partial charge in [0.05, 0.1) is 24.2 Å². The number of ether oxygens (including phenoxy) is 1. The number of alkyl halides is 3. The number of carbonyl (C=O) groups excluding carboxylic acids is 2. The van der Waals surface area contributed by atoms with E-state index >= 15 is 0 Å². The maximum atomic E-state index is 12.5. The third-order valence-electron chi connectivity index (χ3n) is 5.09. The highest BCUT2D eigenvalue weighted by Gasteiger charge is 2.31. The molecule has 0 saturated carbocycles. The monoisotopic (exact) mass is 574 g/mol. The maximum absolute atomic E-state index is 12.5. The summed E-state index contributed by atoms with van der Waals surface area (Å²) in [6.45, 7) is 0. The predicted octanol–water partition coefficient (Wildman–Crippen LogP) is 4.72. The van der Waals surface area contributed by atoms with Crippen molar-refractivity contribution in [3.63, 3.8) is 0 Å². The average Bonchev–Trinajstić information content (AvgIpc) is 3.39. The molecule has 0 bridgehead atoms. The van der Waals surface area contributed by atoms with Gasteiger partial charge in [0.2, 0.25) is 11.0 Å². The van der Waals surface area contributed by atoms with Crippen LogP contribution in [0.5, 0.6) is 5.75 Å². The normalized spacial score (nSPS) is 13.5. The van der Waals surface area contributed by atoms with E-state index in [4.69, 9.17) is 5.48 Å². The lowest BCUT2D eigenvalue weighted by Crippen LogP contribution is -2.17. The van der Waals surface area contributed by atoms with E-state index in [1.165, 1.54) is 24.3 Å². The summed E-state index contributed by atoms with van der Waals surface area (Å²) in [5.41, 5.74) is 0.789. The first-order valence-corrected chi connectivity index (χ1v) is 12.7. The van der Waals surface area contributed by atoms with Crippen LogP contribution >= 0.6 is 11.3 Å². The van der Waals surface area contributed by atoms with E-state index in [0.29, 0.717) is 16.3 Å². The highest BCUT2D eigenvalue weighted by atomic mass is 32.1. The van der Waals surface area contributed by atoms with Gasteiger partial charge in [-0.3, -0.25) is 14.6 Å². The molecule has 13 heteroatoms. The van der Waals surface area contributed by atoms with Crippen molar-refractivity contribution < 1.29 is 33.0 Å². The number of benzene rings is 1. The van der Waals surface area contributed by atoms with Gasteiger partial charge in [0.25, 0.3) is 0 Å². The van der Waals surface area contributed by atoms with Gasteiger partial charge in [-0.25, -0.2) is 0 Å². The first kappa shape index (κ1) is 23.6. The van der Waals surface area contributed by atoms with Gasteiger partial charge in [-0.05, 0) is 61.1 Å². The van der Waals surface area contributed by atoms with Crippen LogP contribution < -0.4 is 10.1 Å². The Bertz CT molecular complexity index is 1590. The molecule has 0 spiro atoms. The van der Waals surface area contributed by atoms with E-state index in [0.717, 1.165) is 23.5 Å². The molecule has 0 aliphatic heterocycles. The number of Topliss-reactive ketones (excluding diaryl/α,β-unsaturated/α-hetero) is 1. The topological polar surface area (TPSA) is 120 Å². The summed E-state index contributed by atoms with van der Waals surface area (Å²) in [7, 11) is 0. The Morgan fingerprint density at radius 3 is 2.50 bits per heavy atom. The highest BCUT2D eigenvalue weighted by Crippen LogP contribution is 2.24. The fraction of sp³-hybridized carbons (Fsp3) is 0.296. The molecule has 0 aliphatic rings. The van der Waals surface area contributed by atoms with Gasteiger partial charge in [0.1, 0.15) is 16.5 Å². The minimum Gasteiger partial charge on any atom is -0.406 e. The number of hydrogen-bond acceptors (Lipinski definition) is 9. The number of hydrogen-bond donors (Lipinski definition) is 1. The number of ketones is 1. The fourth-order valence-electron chi connectivity index (χ4n) is 3.42. The molecule has 9 nitrogen and oxygen atoms in total. The van der Waals surface area contributed by atoms with Gasteiger partial charge in [-0.2, -0.15) is 10.2 Å². The van der Waals surface area contributed by atoms with Crippen LogP contribution in [0.4, 0.5) is 18.3 Å². The minimum absolute atomic E-state index is 0.0372. The molecule has 0 radical (unpaired) electrons. The quantitative estimate of drug-likeness (QED) is 0.244. The molecular formula is C27H25F3N6O3S. The Balaban J connectivity index is 1.30. The largest absolute Gasteiger partial charge is 0.573 e. The van der Waals surface area contributed by atoms with Gasteiger partial charge in [-0.15, -0.1) is 23.4 Å². The Hall–Kier alpha value is -4.26. The van der Waals surface area contributed by atoms with E-state index in [2.05, 4.69) is 35.4 Å². The predicted molar refractivity (Wildman–Crippen MR) is 141 cm³/mol. The smallest absolute Gasteiger partial charge is 0.406 e. The highest BCUT2D eigenvalue weighted by molar-refractivity contribution is 7.15. The molecule has 0 atom stereocenters. The number of aromatic nitrogens is 5. The molecule has 4 aromatic rings. The van der Waals surface area contributed by atoms with Crippen LogP contribution in [-0.2, 0) is 41.6 Å². The molecule has 0 unspecified atom stereocenters. The molecule has 1 aromatic carbocycles. The second kappa shape index (κ2) is 13.7. The van der Waals surface area contributed by atoms with E-state index in [9.17, 15) is 22.8 Å². The van der Waals surface area contributed by atoms with Crippen molar-refractivity contribution in [3.8, 4) is 5.75 Å². The van der Waals surface area contributed by atoms with Gasteiger partial charge in [-0.1, -0.05) is 29.5 Å². The van der Waals surface area contributed by atoms with Crippen LogP contribution in [-0.4, -0.2) is 43.4 Å². The van der Waals surface area contributed by atoms with E-state index in [1.807, 2.05) is 0 Å². The van der Waals surface area contributed by atoms with Gasteiger partial charge in [0.15, 0.2) is 0 Å². The number of rotatable bonds is 13. The van der Waals surface area contributed by atoms with Crippen LogP contribution in [0.15, 0.2) is 60.8 Å². The van der Waals surface area contributed by atoms with Crippen molar-refractivity contribution >= 4 is 28.2 Å².